The van der Waals surface area contributed by atoms with E-state index in [-0.39, 0.29) is 0 Å². The highest BCUT2D eigenvalue weighted by Crippen LogP contribution is 2.10. The maximum Gasteiger partial charge on any atom is 0.0342 e. The Balaban J connectivity index is 2.91. The summed E-state index contributed by atoms with van der Waals surface area (Å²) in [5, 5.41) is 0. The van der Waals surface area contributed by atoms with Gasteiger partial charge in [0.1, 0.15) is 0 Å². The van der Waals surface area contributed by atoms with Gasteiger partial charge in [0.15, 0.2) is 0 Å². The van der Waals surface area contributed by atoms with Crippen LogP contribution in [0, 0.1) is 25.7 Å². The fourth-order valence-corrected chi connectivity index (χ4v) is 1.23. The molecule has 1 aromatic carbocycles. The van der Waals surface area contributed by atoms with Gasteiger partial charge in [0.25, 0.3) is 0 Å². The number of aryl methyl sites for hydroxylation is 2. The average molecular weight is 158 g/mol. The smallest absolute Gasteiger partial charge is 0.0342 e. The zero-order valence-electron chi connectivity index (χ0n) is 7.94. The van der Waals surface area contributed by atoms with E-state index < -0.39 is 0 Å². The summed E-state index contributed by atoms with van der Waals surface area (Å²) in [4.78, 5) is 0. The van der Waals surface area contributed by atoms with E-state index in [1.54, 1.807) is 0 Å². The lowest BCUT2D eigenvalue weighted by Gasteiger charge is -2.01. The van der Waals surface area contributed by atoms with E-state index in [9.17, 15) is 0 Å². The summed E-state index contributed by atoms with van der Waals surface area (Å²) < 4.78 is 0. The van der Waals surface area contributed by atoms with Crippen LogP contribution < -0.4 is 0 Å². The molecule has 0 bridgehead atoms. The van der Waals surface area contributed by atoms with Crippen molar-refractivity contribution in [2.75, 3.05) is 0 Å². The van der Waals surface area contributed by atoms with Crippen LogP contribution in [0.4, 0.5) is 0 Å². The van der Waals surface area contributed by atoms with Gasteiger partial charge >= 0.3 is 0 Å². The highest BCUT2D eigenvalue weighted by atomic mass is 14.0. The van der Waals surface area contributed by atoms with Gasteiger partial charge in [-0.05, 0) is 31.9 Å². The lowest BCUT2D eigenvalue weighted by Crippen LogP contribution is -1.87. The van der Waals surface area contributed by atoms with Crippen LogP contribution in [0.1, 0.15) is 23.6 Å². The predicted molar refractivity (Wildman–Crippen MR) is 53.1 cm³/mol. The van der Waals surface area contributed by atoms with Gasteiger partial charge in [0.05, 0.1) is 0 Å². The number of hydrogen-bond acceptors (Lipinski definition) is 0. The van der Waals surface area contributed by atoms with E-state index in [1.165, 1.54) is 16.7 Å². The van der Waals surface area contributed by atoms with Crippen molar-refractivity contribution in [3.05, 3.63) is 34.9 Å². The summed E-state index contributed by atoms with van der Waals surface area (Å²) in [7, 11) is 0. The van der Waals surface area contributed by atoms with Gasteiger partial charge in [-0.25, -0.2) is 0 Å². The zero-order chi connectivity index (χ0) is 8.97. The highest BCUT2D eigenvalue weighted by Gasteiger charge is 1.94. The summed E-state index contributed by atoms with van der Waals surface area (Å²) >= 11 is 0. The quantitative estimate of drug-likeness (QED) is 0.551. The number of benzene rings is 1. The Labute approximate surface area is 74.6 Å². The van der Waals surface area contributed by atoms with Crippen LogP contribution in [-0.4, -0.2) is 0 Å². The monoisotopic (exact) mass is 158 g/mol. The standard InChI is InChI=1S/C12H14/c1-4-5-6-12-8-7-10(2)9-11(12)3/h7-9H,6H2,1-3H3. The summed E-state index contributed by atoms with van der Waals surface area (Å²) in [6, 6.07) is 6.50. The molecule has 0 aliphatic carbocycles. The molecule has 0 spiro atoms. The maximum atomic E-state index is 3.07. The minimum Gasteiger partial charge on any atom is -0.106 e. The van der Waals surface area contributed by atoms with Gasteiger partial charge in [-0.2, -0.15) is 0 Å². The second-order valence-electron chi connectivity index (χ2n) is 3.03. The Hall–Kier alpha value is -1.22. The second kappa shape index (κ2) is 3.97. The molecule has 0 nitrogen and oxygen atoms in total. The van der Waals surface area contributed by atoms with Gasteiger partial charge in [-0.3, -0.25) is 0 Å². The maximum absolute atomic E-state index is 3.07. The van der Waals surface area contributed by atoms with Crippen molar-refractivity contribution >= 4 is 0 Å². The lowest BCUT2D eigenvalue weighted by molar-refractivity contribution is 1.23. The number of hydrogen-bond donors (Lipinski definition) is 0. The SMILES string of the molecule is CC#CCc1ccc(C)cc1C. The van der Waals surface area contributed by atoms with Crippen LogP contribution in [0.15, 0.2) is 18.2 Å². The molecule has 62 valence electrons. The van der Waals surface area contributed by atoms with Crippen molar-refractivity contribution in [3.8, 4) is 11.8 Å². The van der Waals surface area contributed by atoms with Crippen LogP contribution in [0.25, 0.3) is 0 Å². The fraction of sp³-hybridized carbons (Fsp3) is 0.333. The molecule has 0 aliphatic rings. The largest absolute Gasteiger partial charge is 0.106 e. The van der Waals surface area contributed by atoms with E-state index in [1.807, 2.05) is 6.92 Å². The molecule has 0 heteroatoms. The first kappa shape index (κ1) is 8.87. The Bertz CT molecular complexity index is 324. The Morgan fingerprint density at radius 2 is 2.00 bits per heavy atom. The van der Waals surface area contributed by atoms with Crippen LogP contribution >= 0.6 is 0 Å². The highest BCUT2D eigenvalue weighted by molar-refractivity contribution is 5.32. The Morgan fingerprint density at radius 1 is 1.25 bits per heavy atom. The predicted octanol–water partition coefficient (Wildman–Crippen LogP) is 2.87. The minimum absolute atomic E-state index is 0.878. The molecule has 1 rings (SSSR count). The fourth-order valence-electron chi connectivity index (χ4n) is 1.23. The molecular formula is C12H14. The summed E-state index contributed by atoms with van der Waals surface area (Å²) in [5.74, 6) is 5.98. The van der Waals surface area contributed by atoms with Gasteiger partial charge in [-0.1, -0.05) is 29.7 Å². The van der Waals surface area contributed by atoms with Crippen molar-refractivity contribution in [2.24, 2.45) is 0 Å². The van der Waals surface area contributed by atoms with Crippen molar-refractivity contribution in [1.29, 1.82) is 0 Å². The molecule has 0 amide bonds. The van der Waals surface area contributed by atoms with E-state index in [4.69, 9.17) is 0 Å². The molecule has 0 unspecified atom stereocenters. The summed E-state index contributed by atoms with van der Waals surface area (Å²) in [6.07, 6.45) is 0.878. The van der Waals surface area contributed by atoms with Crippen molar-refractivity contribution in [3.63, 3.8) is 0 Å². The Morgan fingerprint density at radius 3 is 2.58 bits per heavy atom. The normalized spacial score (nSPS) is 8.92. The van der Waals surface area contributed by atoms with Crippen molar-refractivity contribution < 1.29 is 0 Å². The third kappa shape index (κ3) is 2.13. The lowest BCUT2D eigenvalue weighted by atomic mass is 10.0. The molecule has 0 fully saturated rings. The molecule has 0 aromatic heterocycles. The topological polar surface area (TPSA) is 0 Å². The third-order valence-electron chi connectivity index (χ3n) is 1.95. The van der Waals surface area contributed by atoms with E-state index in [0.29, 0.717) is 0 Å². The first-order valence-corrected chi connectivity index (χ1v) is 4.20. The van der Waals surface area contributed by atoms with Crippen molar-refractivity contribution in [2.45, 2.75) is 27.2 Å². The van der Waals surface area contributed by atoms with Gasteiger partial charge < -0.3 is 0 Å². The molecule has 0 aliphatic heterocycles. The first-order chi connectivity index (χ1) is 5.74. The molecular weight excluding hydrogens is 144 g/mol. The molecule has 12 heavy (non-hydrogen) atoms. The molecule has 1 aromatic rings. The van der Waals surface area contributed by atoms with Gasteiger partial charge in [-0.15, -0.1) is 5.92 Å². The minimum atomic E-state index is 0.878. The molecule has 0 atom stereocenters. The van der Waals surface area contributed by atoms with E-state index in [0.717, 1.165) is 6.42 Å². The molecule has 0 N–H and O–H groups in total. The van der Waals surface area contributed by atoms with Crippen molar-refractivity contribution in [1.82, 2.24) is 0 Å². The van der Waals surface area contributed by atoms with Crippen LogP contribution in [0.5, 0.6) is 0 Å². The number of rotatable bonds is 1. The van der Waals surface area contributed by atoms with Crippen LogP contribution in [-0.2, 0) is 6.42 Å². The van der Waals surface area contributed by atoms with E-state index in [2.05, 4.69) is 43.9 Å². The average Bonchev–Trinajstić information content (AvgIpc) is 2.03. The van der Waals surface area contributed by atoms with Crippen LogP contribution in [0.2, 0.25) is 0 Å². The molecule has 0 saturated carbocycles. The van der Waals surface area contributed by atoms with E-state index >= 15 is 0 Å². The van der Waals surface area contributed by atoms with Gasteiger partial charge in [0, 0.05) is 6.42 Å². The second-order valence-corrected chi connectivity index (χ2v) is 3.03. The molecule has 0 radical (unpaired) electrons. The molecule has 0 saturated heterocycles. The molecule has 0 heterocycles. The third-order valence-corrected chi connectivity index (χ3v) is 1.95. The summed E-state index contributed by atoms with van der Waals surface area (Å²) in [6.45, 7) is 6.13. The first-order valence-electron chi connectivity index (χ1n) is 4.20. The Kier molecular flexibility index (Phi) is 2.94. The van der Waals surface area contributed by atoms with Gasteiger partial charge in [0.2, 0.25) is 0 Å². The summed E-state index contributed by atoms with van der Waals surface area (Å²) in [5.41, 5.74) is 4.01. The zero-order valence-corrected chi connectivity index (χ0v) is 7.94. The van der Waals surface area contributed by atoms with Crippen LogP contribution in [0.3, 0.4) is 0 Å².